The minimum atomic E-state index is -3.14. The van der Waals surface area contributed by atoms with E-state index in [9.17, 15) is 8.42 Å². The fourth-order valence-electron chi connectivity index (χ4n) is 3.03. The smallest absolute Gasteiger partial charge is 0.214 e. The SMILES string of the molecule is CC(CCl)CS(=O)(=O)N1CCC(CN2CCOCC2)CC1. The number of alkyl halides is 1. The van der Waals surface area contributed by atoms with E-state index in [0.717, 1.165) is 45.7 Å². The Kier molecular flexibility index (Phi) is 6.75. The fraction of sp³-hybridized carbons (Fsp3) is 1.00. The molecule has 5 nitrogen and oxygen atoms in total. The zero-order chi connectivity index (χ0) is 15.3. The van der Waals surface area contributed by atoms with E-state index in [1.165, 1.54) is 0 Å². The first kappa shape index (κ1) is 17.5. The second-order valence-corrected chi connectivity index (χ2v) is 8.62. The lowest BCUT2D eigenvalue weighted by molar-refractivity contribution is 0.0269. The molecule has 0 aromatic rings. The van der Waals surface area contributed by atoms with Crippen LogP contribution in [0.2, 0.25) is 0 Å². The molecule has 2 heterocycles. The average molecular weight is 339 g/mol. The quantitative estimate of drug-likeness (QED) is 0.684. The first-order chi connectivity index (χ1) is 10.0. The standard InChI is InChI=1S/C14H27ClN2O3S/c1-13(10-15)12-21(18,19)17-4-2-14(3-5-17)11-16-6-8-20-9-7-16/h13-14H,2-12H2,1H3. The first-order valence-corrected chi connectivity index (χ1v) is 9.99. The second kappa shape index (κ2) is 8.11. The Morgan fingerprint density at radius 3 is 2.38 bits per heavy atom. The van der Waals surface area contributed by atoms with E-state index in [-0.39, 0.29) is 11.7 Å². The van der Waals surface area contributed by atoms with Gasteiger partial charge in [-0.3, -0.25) is 4.90 Å². The van der Waals surface area contributed by atoms with Crippen LogP contribution < -0.4 is 0 Å². The van der Waals surface area contributed by atoms with Crippen LogP contribution in [-0.4, -0.2) is 75.2 Å². The van der Waals surface area contributed by atoms with Crippen LogP contribution in [0.25, 0.3) is 0 Å². The third-order valence-electron chi connectivity index (χ3n) is 4.35. The zero-order valence-corrected chi connectivity index (χ0v) is 14.4. The number of halogens is 1. The summed E-state index contributed by atoms with van der Waals surface area (Å²) in [5.74, 6) is 1.19. The highest BCUT2D eigenvalue weighted by Gasteiger charge is 2.29. The highest BCUT2D eigenvalue weighted by atomic mass is 35.5. The molecule has 1 atom stereocenters. The van der Waals surface area contributed by atoms with Gasteiger partial charge in [-0.1, -0.05) is 6.92 Å². The molecule has 0 aromatic carbocycles. The average Bonchev–Trinajstić information content (AvgIpc) is 2.48. The molecule has 0 aliphatic carbocycles. The summed E-state index contributed by atoms with van der Waals surface area (Å²) < 4.78 is 31.6. The lowest BCUT2D eigenvalue weighted by Gasteiger charge is -2.35. The van der Waals surface area contributed by atoms with Crippen molar-refractivity contribution in [3.05, 3.63) is 0 Å². The van der Waals surface area contributed by atoms with Crippen molar-refractivity contribution < 1.29 is 13.2 Å². The van der Waals surface area contributed by atoms with Crippen LogP contribution in [0.4, 0.5) is 0 Å². The summed E-state index contributed by atoms with van der Waals surface area (Å²) in [4.78, 5) is 2.44. The number of sulfonamides is 1. The zero-order valence-electron chi connectivity index (χ0n) is 12.8. The monoisotopic (exact) mass is 338 g/mol. The molecule has 0 saturated carbocycles. The van der Waals surface area contributed by atoms with Crippen LogP contribution >= 0.6 is 11.6 Å². The Morgan fingerprint density at radius 2 is 1.81 bits per heavy atom. The molecule has 1 unspecified atom stereocenters. The second-order valence-electron chi connectivity index (χ2n) is 6.29. The molecule has 0 bridgehead atoms. The van der Waals surface area contributed by atoms with Gasteiger partial charge in [0, 0.05) is 38.6 Å². The van der Waals surface area contributed by atoms with Gasteiger partial charge in [0.25, 0.3) is 0 Å². The topological polar surface area (TPSA) is 49.9 Å². The van der Waals surface area contributed by atoms with Crippen molar-refractivity contribution >= 4 is 21.6 Å². The van der Waals surface area contributed by atoms with Crippen LogP contribution in [0.1, 0.15) is 19.8 Å². The maximum atomic E-state index is 12.3. The molecule has 2 saturated heterocycles. The van der Waals surface area contributed by atoms with Gasteiger partial charge in [-0.25, -0.2) is 12.7 Å². The van der Waals surface area contributed by atoms with Crippen LogP contribution in [-0.2, 0) is 14.8 Å². The van der Waals surface area contributed by atoms with Crippen LogP contribution in [0, 0.1) is 11.8 Å². The number of morpholine rings is 1. The Bertz CT molecular complexity index is 404. The molecular formula is C14H27ClN2O3S. The molecular weight excluding hydrogens is 312 g/mol. The summed E-state index contributed by atoms with van der Waals surface area (Å²) in [6, 6.07) is 0. The van der Waals surface area contributed by atoms with E-state index in [2.05, 4.69) is 4.90 Å². The highest BCUT2D eigenvalue weighted by Crippen LogP contribution is 2.22. The maximum Gasteiger partial charge on any atom is 0.214 e. The molecule has 2 aliphatic heterocycles. The van der Waals surface area contributed by atoms with Gasteiger partial charge >= 0.3 is 0 Å². The van der Waals surface area contributed by atoms with Gasteiger partial charge in [-0.2, -0.15) is 0 Å². The van der Waals surface area contributed by atoms with Gasteiger partial charge in [0.05, 0.1) is 19.0 Å². The van der Waals surface area contributed by atoms with Crippen LogP contribution in [0.3, 0.4) is 0 Å². The number of piperidine rings is 1. The molecule has 2 fully saturated rings. The number of hydrogen-bond donors (Lipinski definition) is 0. The van der Waals surface area contributed by atoms with Crippen molar-refractivity contribution in [3.63, 3.8) is 0 Å². The molecule has 0 spiro atoms. The van der Waals surface area contributed by atoms with Crippen molar-refractivity contribution in [2.75, 3.05) is 57.6 Å². The summed E-state index contributed by atoms with van der Waals surface area (Å²) in [6.07, 6.45) is 1.93. The van der Waals surface area contributed by atoms with E-state index in [0.29, 0.717) is 24.9 Å². The molecule has 124 valence electrons. The normalized spacial score (nSPS) is 25.0. The molecule has 21 heavy (non-hydrogen) atoms. The molecule has 7 heteroatoms. The fourth-order valence-corrected chi connectivity index (χ4v) is 5.08. The largest absolute Gasteiger partial charge is 0.379 e. The Balaban J connectivity index is 1.77. The lowest BCUT2D eigenvalue weighted by Crippen LogP contribution is -2.45. The Morgan fingerprint density at radius 1 is 1.19 bits per heavy atom. The third-order valence-corrected chi connectivity index (χ3v) is 7.01. The summed E-state index contributed by atoms with van der Waals surface area (Å²) >= 11 is 5.73. The van der Waals surface area contributed by atoms with Crippen molar-refractivity contribution in [1.82, 2.24) is 9.21 Å². The molecule has 0 radical (unpaired) electrons. The van der Waals surface area contributed by atoms with Crippen molar-refractivity contribution in [3.8, 4) is 0 Å². The van der Waals surface area contributed by atoms with Crippen molar-refractivity contribution in [1.29, 1.82) is 0 Å². The number of nitrogens with zero attached hydrogens (tertiary/aromatic N) is 2. The number of rotatable bonds is 6. The lowest BCUT2D eigenvalue weighted by atomic mass is 9.97. The van der Waals surface area contributed by atoms with Gasteiger partial charge < -0.3 is 4.74 Å². The summed E-state index contributed by atoms with van der Waals surface area (Å²) in [7, 11) is -3.14. The minimum Gasteiger partial charge on any atom is -0.379 e. The summed E-state index contributed by atoms with van der Waals surface area (Å²) in [5.41, 5.74) is 0. The molecule has 0 amide bonds. The van der Waals surface area contributed by atoms with Crippen LogP contribution in [0.15, 0.2) is 0 Å². The molecule has 2 aliphatic rings. The molecule has 0 N–H and O–H groups in total. The summed E-state index contributed by atoms with van der Waals surface area (Å²) in [6.45, 7) is 7.94. The first-order valence-electron chi connectivity index (χ1n) is 7.85. The minimum absolute atomic E-state index is 0.0164. The number of ether oxygens (including phenoxy) is 1. The maximum absolute atomic E-state index is 12.3. The van der Waals surface area contributed by atoms with E-state index in [1.807, 2.05) is 6.92 Å². The summed E-state index contributed by atoms with van der Waals surface area (Å²) in [5, 5.41) is 0. The Labute approximate surface area is 133 Å². The number of hydrogen-bond acceptors (Lipinski definition) is 4. The van der Waals surface area contributed by atoms with Gasteiger partial charge in [-0.05, 0) is 24.7 Å². The van der Waals surface area contributed by atoms with Crippen molar-refractivity contribution in [2.24, 2.45) is 11.8 Å². The predicted molar refractivity (Wildman–Crippen MR) is 85.2 cm³/mol. The van der Waals surface area contributed by atoms with E-state index in [1.54, 1.807) is 4.31 Å². The van der Waals surface area contributed by atoms with E-state index >= 15 is 0 Å². The molecule has 2 rings (SSSR count). The van der Waals surface area contributed by atoms with E-state index in [4.69, 9.17) is 16.3 Å². The highest BCUT2D eigenvalue weighted by molar-refractivity contribution is 7.89. The van der Waals surface area contributed by atoms with Gasteiger partial charge in [0.15, 0.2) is 0 Å². The third kappa shape index (κ3) is 5.36. The van der Waals surface area contributed by atoms with Gasteiger partial charge in [0.1, 0.15) is 0 Å². The predicted octanol–water partition coefficient (Wildman–Crippen LogP) is 1.24. The van der Waals surface area contributed by atoms with Crippen LogP contribution in [0.5, 0.6) is 0 Å². The van der Waals surface area contributed by atoms with Gasteiger partial charge in [-0.15, -0.1) is 11.6 Å². The molecule has 0 aromatic heterocycles. The van der Waals surface area contributed by atoms with Crippen molar-refractivity contribution in [2.45, 2.75) is 19.8 Å². The van der Waals surface area contributed by atoms with E-state index < -0.39 is 10.0 Å². The Hall–Kier alpha value is 0.120. The van der Waals surface area contributed by atoms with Gasteiger partial charge in [0.2, 0.25) is 10.0 Å².